The predicted molar refractivity (Wildman–Crippen MR) is 151 cm³/mol. The molecule has 0 spiro atoms. The molecule has 2 unspecified atom stereocenters. The molecule has 1 amide bonds. The Labute approximate surface area is 235 Å². The summed E-state index contributed by atoms with van der Waals surface area (Å²) in [4.78, 5) is 31.4. The highest BCUT2D eigenvalue weighted by molar-refractivity contribution is 5.85. The van der Waals surface area contributed by atoms with Crippen LogP contribution in [0, 0.1) is 17.7 Å². The molecule has 214 valence electrons. The molecular weight excluding hydrogens is 509 g/mol. The second-order valence-corrected chi connectivity index (χ2v) is 11.2. The number of imidazole rings is 1. The van der Waals surface area contributed by atoms with E-state index in [0.717, 1.165) is 56.0 Å². The van der Waals surface area contributed by atoms with Gasteiger partial charge in [-0.25, -0.2) is 9.37 Å². The minimum atomic E-state index is -0.518. The summed E-state index contributed by atoms with van der Waals surface area (Å²) in [5.74, 6) is 0.0779. The number of carbonyl (C=O) groups is 2. The van der Waals surface area contributed by atoms with Crippen LogP contribution in [0.3, 0.4) is 0 Å². The molecule has 1 heterocycles. The van der Waals surface area contributed by atoms with E-state index in [1.165, 1.54) is 12.1 Å². The van der Waals surface area contributed by atoms with Crippen molar-refractivity contribution in [1.82, 2.24) is 14.9 Å². The second kappa shape index (κ2) is 12.9. The molecule has 2 aliphatic rings. The van der Waals surface area contributed by atoms with Gasteiger partial charge in [0.1, 0.15) is 23.8 Å². The zero-order valence-corrected chi connectivity index (χ0v) is 23.5. The van der Waals surface area contributed by atoms with Gasteiger partial charge in [0.15, 0.2) is 0 Å². The van der Waals surface area contributed by atoms with Crippen LogP contribution in [0.5, 0.6) is 0 Å². The van der Waals surface area contributed by atoms with Gasteiger partial charge in [0.05, 0.1) is 23.6 Å². The van der Waals surface area contributed by atoms with Crippen LogP contribution >= 0.6 is 0 Å². The fourth-order valence-corrected chi connectivity index (χ4v) is 6.60. The molecule has 2 saturated carbocycles. The molecule has 40 heavy (non-hydrogen) atoms. The zero-order chi connectivity index (χ0) is 28.1. The van der Waals surface area contributed by atoms with Gasteiger partial charge in [0.2, 0.25) is 5.91 Å². The van der Waals surface area contributed by atoms with Crippen molar-refractivity contribution in [3.05, 3.63) is 65.7 Å². The smallest absolute Gasteiger partial charge is 0.308 e. The number of fused-ring (bicyclic) bond motifs is 1. The summed E-state index contributed by atoms with van der Waals surface area (Å²) in [6.07, 6.45) is 7.55. The van der Waals surface area contributed by atoms with Gasteiger partial charge in [-0.2, -0.15) is 0 Å². The van der Waals surface area contributed by atoms with Crippen molar-refractivity contribution < 1.29 is 23.5 Å². The Morgan fingerprint density at radius 1 is 1.02 bits per heavy atom. The number of amides is 1. The molecule has 0 saturated heterocycles. The van der Waals surface area contributed by atoms with E-state index < -0.39 is 12.1 Å². The Bertz CT molecular complexity index is 1300. The summed E-state index contributed by atoms with van der Waals surface area (Å²) in [5.41, 5.74) is 2.16. The molecule has 0 bridgehead atoms. The van der Waals surface area contributed by atoms with Crippen LogP contribution in [0.4, 0.5) is 4.39 Å². The monoisotopic (exact) mass is 549 g/mol. The zero-order valence-electron chi connectivity index (χ0n) is 23.5. The Morgan fingerprint density at radius 2 is 1.75 bits per heavy atom. The van der Waals surface area contributed by atoms with E-state index in [-0.39, 0.29) is 35.6 Å². The molecular formula is C32H40FN3O4. The number of nitrogens with one attached hydrogen (secondary N) is 1. The molecule has 1 aromatic heterocycles. The van der Waals surface area contributed by atoms with E-state index in [9.17, 15) is 14.0 Å². The number of esters is 1. The number of ether oxygens (including phenoxy) is 2. The summed E-state index contributed by atoms with van der Waals surface area (Å²) < 4.78 is 27.6. The molecule has 2 aromatic carbocycles. The number of methoxy groups -OCH3 is 1. The Balaban J connectivity index is 1.51. The van der Waals surface area contributed by atoms with Crippen LogP contribution in [-0.2, 0) is 19.1 Å². The van der Waals surface area contributed by atoms with Crippen molar-refractivity contribution in [2.45, 2.75) is 82.9 Å². The lowest BCUT2D eigenvalue weighted by Crippen LogP contribution is -2.45. The van der Waals surface area contributed by atoms with Gasteiger partial charge in [0, 0.05) is 19.2 Å². The largest absolute Gasteiger partial charge is 0.466 e. The third-order valence-corrected chi connectivity index (χ3v) is 8.59. The molecule has 1 N–H and O–H groups in total. The number of aromatic nitrogens is 2. The lowest BCUT2D eigenvalue weighted by Gasteiger charge is -2.35. The summed E-state index contributed by atoms with van der Waals surface area (Å²) in [6.45, 7) is 2.21. The van der Waals surface area contributed by atoms with Crippen molar-refractivity contribution in [3.63, 3.8) is 0 Å². The van der Waals surface area contributed by atoms with Gasteiger partial charge in [0.25, 0.3) is 0 Å². The fourth-order valence-electron chi connectivity index (χ4n) is 6.60. The summed E-state index contributed by atoms with van der Waals surface area (Å²) in [6, 6.07) is 13.9. The lowest BCUT2D eigenvalue weighted by atomic mass is 9.82. The maximum Gasteiger partial charge on any atom is 0.308 e. The van der Waals surface area contributed by atoms with Gasteiger partial charge in [-0.05, 0) is 69.1 Å². The predicted octanol–water partition coefficient (Wildman–Crippen LogP) is 6.27. The highest BCUT2D eigenvalue weighted by atomic mass is 19.1. The SMILES string of the molecule is CCOC(=O)C1CCC(NC(=O)C(C2CCCCC2)n2c(C(OC)c3ccccc3)nc3cc(F)ccc32)CC1. The molecule has 0 radical (unpaired) electrons. The number of rotatable bonds is 9. The summed E-state index contributed by atoms with van der Waals surface area (Å²) >= 11 is 0. The van der Waals surface area contributed by atoms with Crippen molar-refractivity contribution >= 4 is 22.9 Å². The van der Waals surface area contributed by atoms with Crippen molar-refractivity contribution in [3.8, 4) is 0 Å². The average Bonchev–Trinajstić information content (AvgIpc) is 3.32. The Hall–Kier alpha value is -3.26. The average molecular weight is 550 g/mol. The standard InChI is InChI=1S/C32H40FN3O4/c1-3-40-32(38)23-14-17-25(18-15-23)34-31(37)28(21-10-6-4-7-11-21)36-27-19-16-24(33)20-26(27)35-30(36)29(39-2)22-12-8-5-9-13-22/h5,8-9,12-13,16,19-21,23,25,28-29H,3-4,6-7,10-11,14-15,17-18H2,1-2H3,(H,34,37). The maximum absolute atomic E-state index is 14.4. The first-order valence-corrected chi connectivity index (χ1v) is 14.7. The highest BCUT2D eigenvalue weighted by Gasteiger charge is 2.37. The van der Waals surface area contributed by atoms with Gasteiger partial charge in [-0.3, -0.25) is 9.59 Å². The molecule has 2 aliphatic carbocycles. The third-order valence-electron chi connectivity index (χ3n) is 8.59. The minimum absolute atomic E-state index is 0.00714. The van der Waals surface area contributed by atoms with Crippen molar-refractivity contribution in [2.75, 3.05) is 13.7 Å². The van der Waals surface area contributed by atoms with E-state index in [4.69, 9.17) is 14.5 Å². The van der Waals surface area contributed by atoms with Gasteiger partial charge in [-0.15, -0.1) is 0 Å². The van der Waals surface area contributed by atoms with Crippen LogP contribution in [0.25, 0.3) is 11.0 Å². The Morgan fingerprint density at radius 3 is 2.42 bits per heavy atom. The Kier molecular flexibility index (Phi) is 9.15. The van der Waals surface area contributed by atoms with Crippen LogP contribution < -0.4 is 5.32 Å². The number of hydrogen-bond acceptors (Lipinski definition) is 5. The maximum atomic E-state index is 14.4. The van der Waals surface area contributed by atoms with Crippen LogP contribution in [0.15, 0.2) is 48.5 Å². The highest BCUT2D eigenvalue weighted by Crippen LogP contribution is 2.39. The minimum Gasteiger partial charge on any atom is -0.466 e. The van der Waals surface area contributed by atoms with Crippen molar-refractivity contribution in [1.29, 1.82) is 0 Å². The topological polar surface area (TPSA) is 82.5 Å². The first-order chi connectivity index (χ1) is 19.5. The second-order valence-electron chi connectivity index (χ2n) is 11.2. The molecule has 0 aliphatic heterocycles. The number of nitrogens with zero attached hydrogens (tertiary/aromatic N) is 2. The van der Waals surface area contributed by atoms with Crippen LogP contribution in [-0.4, -0.2) is 41.2 Å². The number of benzene rings is 2. The van der Waals surface area contributed by atoms with Gasteiger partial charge in [-0.1, -0.05) is 49.6 Å². The van der Waals surface area contributed by atoms with E-state index in [1.807, 2.05) is 41.8 Å². The molecule has 8 heteroatoms. The van der Waals surface area contributed by atoms with E-state index in [1.54, 1.807) is 13.2 Å². The lowest BCUT2D eigenvalue weighted by molar-refractivity contribution is -0.149. The molecule has 3 aromatic rings. The van der Waals surface area contributed by atoms with Gasteiger partial charge < -0.3 is 19.4 Å². The van der Waals surface area contributed by atoms with Crippen molar-refractivity contribution in [2.24, 2.45) is 11.8 Å². The number of halogens is 1. The summed E-state index contributed by atoms with van der Waals surface area (Å²) in [7, 11) is 1.64. The quantitative estimate of drug-likeness (QED) is 0.318. The molecule has 2 atom stereocenters. The molecule has 5 rings (SSSR count). The first-order valence-electron chi connectivity index (χ1n) is 14.7. The number of carbonyl (C=O) groups excluding carboxylic acids is 2. The van der Waals surface area contributed by atoms with Crippen LogP contribution in [0.1, 0.15) is 88.2 Å². The molecule has 2 fully saturated rings. The van der Waals surface area contributed by atoms with Gasteiger partial charge >= 0.3 is 5.97 Å². The molecule has 7 nitrogen and oxygen atoms in total. The van der Waals surface area contributed by atoms with E-state index >= 15 is 0 Å². The fraction of sp³-hybridized carbons (Fsp3) is 0.531. The number of hydrogen-bond donors (Lipinski definition) is 1. The first kappa shape index (κ1) is 28.3. The third kappa shape index (κ3) is 6.07. The summed E-state index contributed by atoms with van der Waals surface area (Å²) in [5, 5.41) is 3.34. The normalized spacial score (nSPS) is 21.6. The van der Waals surface area contributed by atoms with E-state index in [2.05, 4.69) is 5.32 Å². The van der Waals surface area contributed by atoms with E-state index in [0.29, 0.717) is 30.8 Å². The van der Waals surface area contributed by atoms with Crippen LogP contribution in [0.2, 0.25) is 0 Å².